The van der Waals surface area contributed by atoms with Gasteiger partial charge in [-0.1, -0.05) is 0 Å². The smallest absolute Gasteiger partial charge is 0.341 e. The first-order chi connectivity index (χ1) is 11.8. The summed E-state index contributed by atoms with van der Waals surface area (Å²) in [5.74, 6) is -6.69. The molecule has 128 valence electrons. The summed E-state index contributed by atoms with van der Waals surface area (Å²) in [5, 5.41) is 8.74. The lowest BCUT2D eigenvalue weighted by Crippen LogP contribution is -2.16. The van der Waals surface area contributed by atoms with Crippen molar-refractivity contribution in [3.05, 3.63) is 80.6 Å². The van der Waals surface area contributed by atoms with Crippen LogP contribution in [0.5, 0.6) is 0 Å². The molecule has 0 bridgehead atoms. The fourth-order valence-corrected chi connectivity index (χ4v) is 2.55. The number of halogens is 4. The van der Waals surface area contributed by atoms with Gasteiger partial charge in [-0.25, -0.2) is 22.4 Å². The Morgan fingerprint density at radius 1 is 0.960 bits per heavy atom. The first-order valence-electron chi connectivity index (χ1n) is 6.98. The predicted molar refractivity (Wildman–Crippen MR) is 80.6 cm³/mol. The lowest BCUT2D eigenvalue weighted by atomic mass is 10.0. The van der Waals surface area contributed by atoms with Gasteiger partial charge in [0, 0.05) is 11.6 Å². The highest BCUT2D eigenvalue weighted by atomic mass is 19.2. The van der Waals surface area contributed by atoms with E-state index in [-0.39, 0.29) is 28.5 Å². The second-order valence-electron chi connectivity index (χ2n) is 5.39. The SMILES string of the molecule is O=C(O)c1c[nH]c2c(F)cc(Cc3cc(F)c(F)c(F)c3)cc2c1=O. The van der Waals surface area contributed by atoms with Crippen LogP contribution in [0.2, 0.25) is 0 Å². The summed E-state index contributed by atoms with van der Waals surface area (Å²) < 4.78 is 53.7. The molecule has 8 heteroatoms. The molecule has 4 nitrogen and oxygen atoms in total. The van der Waals surface area contributed by atoms with Crippen LogP contribution >= 0.6 is 0 Å². The van der Waals surface area contributed by atoms with E-state index in [0.29, 0.717) is 0 Å². The molecule has 1 heterocycles. The van der Waals surface area contributed by atoms with E-state index in [1.807, 2.05) is 0 Å². The first-order valence-corrected chi connectivity index (χ1v) is 6.98. The van der Waals surface area contributed by atoms with Crippen LogP contribution < -0.4 is 5.43 Å². The van der Waals surface area contributed by atoms with Gasteiger partial charge in [-0.2, -0.15) is 0 Å². The number of carboxylic acids is 1. The lowest BCUT2D eigenvalue weighted by Gasteiger charge is -2.07. The molecule has 0 radical (unpaired) electrons. The number of hydrogen-bond donors (Lipinski definition) is 2. The van der Waals surface area contributed by atoms with Crippen molar-refractivity contribution >= 4 is 16.9 Å². The predicted octanol–water partition coefficient (Wildman–Crippen LogP) is 3.37. The van der Waals surface area contributed by atoms with Crippen LogP contribution in [-0.2, 0) is 6.42 Å². The zero-order valence-electron chi connectivity index (χ0n) is 12.4. The number of rotatable bonds is 3. The molecule has 0 amide bonds. The molecule has 0 aliphatic carbocycles. The first kappa shape index (κ1) is 16.7. The number of benzene rings is 2. The number of aromatic nitrogens is 1. The van der Waals surface area contributed by atoms with Gasteiger partial charge in [0.25, 0.3) is 0 Å². The summed E-state index contributed by atoms with van der Waals surface area (Å²) in [6.45, 7) is 0. The number of H-pyrrole nitrogens is 1. The van der Waals surface area contributed by atoms with E-state index >= 15 is 0 Å². The molecule has 0 aliphatic rings. The molecule has 3 aromatic rings. The van der Waals surface area contributed by atoms with Crippen LogP contribution in [0, 0.1) is 23.3 Å². The topological polar surface area (TPSA) is 70.2 Å². The molecule has 1 aromatic heterocycles. The lowest BCUT2D eigenvalue weighted by molar-refractivity contribution is 0.0695. The average Bonchev–Trinajstić information content (AvgIpc) is 2.53. The van der Waals surface area contributed by atoms with Crippen molar-refractivity contribution in [3.8, 4) is 0 Å². The number of fused-ring (bicyclic) bond motifs is 1. The third-order valence-corrected chi connectivity index (χ3v) is 3.68. The van der Waals surface area contributed by atoms with Crippen molar-refractivity contribution < 1.29 is 27.5 Å². The van der Waals surface area contributed by atoms with E-state index in [0.717, 1.165) is 24.4 Å². The Morgan fingerprint density at radius 3 is 2.12 bits per heavy atom. The van der Waals surface area contributed by atoms with Gasteiger partial charge < -0.3 is 10.1 Å². The molecular weight excluding hydrogens is 342 g/mol. The Morgan fingerprint density at radius 2 is 1.52 bits per heavy atom. The van der Waals surface area contributed by atoms with Crippen LogP contribution in [0.15, 0.2) is 35.3 Å². The maximum Gasteiger partial charge on any atom is 0.341 e. The Balaban J connectivity index is 2.13. The van der Waals surface area contributed by atoms with Crippen LogP contribution in [0.1, 0.15) is 21.5 Å². The van der Waals surface area contributed by atoms with Crippen molar-refractivity contribution in [2.45, 2.75) is 6.42 Å². The molecule has 0 saturated carbocycles. The van der Waals surface area contributed by atoms with Gasteiger partial charge in [0.05, 0.1) is 5.52 Å². The second kappa shape index (κ2) is 6.04. The zero-order chi connectivity index (χ0) is 18.3. The fourth-order valence-electron chi connectivity index (χ4n) is 2.55. The number of nitrogens with one attached hydrogen (secondary N) is 1. The largest absolute Gasteiger partial charge is 0.477 e. The number of carboxylic acid groups (broad SMARTS) is 1. The minimum atomic E-state index is -1.61. The van der Waals surface area contributed by atoms with Crippen molar-refractivity contribution in [2.24, 2.45) is 0 Å². The minimum Gasteiger partial charge on any atom is -0.477 e. The highest BCUT2D eigenvalue weighted by Crippen LogP contribution is 2.21. The van der Waals surface area contributed by atoms with E-state index in [1.165, 1.54) is 6.07 Å². The molecule has 0 unspecified atom stereocenters. The number of carbonyl (C=O) groups is 1. The highest BCUT2D eigenvalue weighted by Gasteiger charge is 2.16. The number of pyridine rings is 1. The molecule has 3 rings (SSSR count). The van der Waals surface area contributed by atoms with Crippen LogP contribution in [-0.4, -0.2) is 16.1 Å². The third-order valence-electron chi connectivity index (χ3n) is 3.68. The standard InChI is InChI=1S/C17H9F4NO3/c18-11-3-8(4-12(19)14(11)21)1-7-2-9-15(13(20)5-7)22-6-10(16(9)23)17(24)25/h2-6H,1H2,(H,22,23)(H,24,25). The highest BCUT2D eigenvalue weighted by molar-refractivity contribution is 5.92. The fraction of sp³-hybridized carbons (Fsp3) is 0.0588. The van der Waals surface area contributed by atoms with Crippen molar-refractivity contribution in [1.82, 2.24) is 4.98 Å². The Kier molecular flexibility index (Phi) is 4.03. The van der Waals surface area contributed by atoms with E-state index in [1.54, 1.807) is 0 Å². The van der Waals surface area contributed by atoms with Gasteiger partial charge in [0.2, 0.25) is 5.43 Å². The average molecular weight is 351 g/mol. The summed E-state index contributed by atoms with van der Waals surface area (Å²) >= 11 is 0. The minimum absolute atomic E-state index is 0.0287. The molecule has 2 N–H and O–H groups in total. The zero-order valence-corrected chi connectivity index (χ0v) is 12.4. The van der Waals surface area contributed by atoms with Gasteiger partial charge in [0.1, 0.15) is 11.4 Å². The van der Waals surface area contributed by atoms with Gasteiger partial charge in [-0.3, -0.25) is 4.79 Å². The van der Waals surface area contributed by atoms with E-state index in [9.17, 15) is 27.2 Å². The van der Waals surface area contributed by atoms with Gasteiger partial charge in [-0.05, 0) is 41.8 Å². The van der Waals surface area contributed by atoms with Gasteiger partial charge >= 0.3 is 5.97 Å². The molecule has 0 saturated heterocycles. The molecular formula is C17H9F4NO3. The molecule has 0 atom stereocenters. The molecule has 25 heavy (non-hydrogen) atoms. The maximum absolute atomic E-state index is 14.2. The number of aromatic carboxylic acids is 1. The summed E-state index contributed by atoms with van der Waals surface area (Å²) in [7, 11) is 0. The van der Waals surface area contributed by atoms with Gasteiger partial charge in [-0.15, -0.1) is 0 Å². The van der Waals surface area contributed by atoms with E-state index in [2.05, 4.69) is 4.98 Å². The maximum atomic E-state index is 14.2. The van der Waals surface area contributed by atoms with Gasteiger partial charge in [0.15, 0.2) is 17.5 Å². The molecule has 0 aliphatic heterocycles. The van der Waals surface area contributed by atoms with Crippen molar-refractivity contribution in [2.75, 3.05) is 0 Å². The summed E-state index contributed by atoms with van der Waals surface area (Å²) in [5.41, 5.74) is -1.44. The van der Waals surface area contributed by atoms with Crippen LogP contribution in [0.25, 0.3) is 10.9 Å². The van der Waals surface area contributed by atoms with Crippen molar-refractivity contribution in [1.29, 1.82) is 0 Å². The van der Waals surface area contributed by atoms with E-state index < -0.39 is 40.2 Å². The summed E-state index contributed by atoms with van der Waals surface area (Å²) in [6, 6.07) is 3.79. The quantitative estimate of drug-likeness (QED) is 0.561. The van der Waals surface area contributed by atoms with Crippen molar-refractivity contribution in [3.63, 3.8) is 0 Å². The van der Waals surface area contributed by atoms with Crippen LogP contribution in [0.3, 0.4) is 0 Å². The Hall–Kier alpha value is -3.16. The summed E-state index contributed by atoms with van der Waals surface area (Å²) in [4.78, 5) is 25.5. The van der Waals surface area contributed by atoms with E-state index in [4.69, 9.17) is 5.11 Å². The third kappa shape index (κ3) is 2.98. The van der Waals surface area contributed by atoms with Crippen LogP contribution in [0.4, 0.5) is 17.6 Å². The monoisotopic (exact) mass is 351 g/mol. The summed E-state index contributed by atoms with van der Waals surface area (Å²) in [6.07, 6.45) is 0.707. The number of hydrogen-bond acceptors (Lipinski definition) is 2. The second-order valence-corrected chi connectivity index (χ2v) is 5.39. The number of aromatic amines is 1. The molecule has 2 aromatic carbocycles. The Labute approximate surface area is 137 Å². The molecule has 0 spiro atoms. The Bertz CT molecular complexity index is 1050. The molecule has 0 fully saturated rings. The normalized spacial score (nSPS) is 11.0.